The van der Waals surface area contributed by atoms with Crippen LogP contribution in [0.15, 0.2) is 17.2 Å². The maximum atomic E-state index is 12.0. The third-order valence-corrected chi connectivity index (χ3v) is 3.94. The van der Waals surface area contributed by atoms with Gasteiger partial charge < -0.3 is 10.5 Å². The lowest BCUT2D eigenvalue weighted by Gasteiger charge is -2.14. The van der Waals surface area contributed by atoms with Gasteiger partial charge >= 0.3 is 0 Å². The van der Waals surface area contributed by atoms with Crippen LogP contribution in [0.5, 0.6) is 0 Å². The highest BCUT2D eigenvalue weighted by molar-refractivity contribution is 7.89. The summed E-state index contributed by atoms with van der Waals surface area (Å²) in [5.41, 5.74) is 5.42. The fourth-order valence-electron chi connectivity index (χ4n) is 1.24. The van der Waals surface area contributed by atoms with Gasteiger partial charge in [0.15, 0.2) is 0 Å². The van der Waals surface area contributed by atoms with Crippen LogP contribution in [-0.2, 0) is 14.8 Å². The largest absolute Gasteiger partial charge is 0.382 e. The van der Waals surface area contributed by atoms with Gasteiger partial charge in [-0.3, -0.25) is 0 Å². The molecule has 1 rings (SSSR count). The Labute approximate surface area is 112 Å². The Kier molecular flexibility index (Phi) is 5.33. The molecule has 0 spiro atoms. The minimum atomic E-state index is -3.66. The molecule has 1 atom stereocenters. The normalized spacial score (nSPS) is 13.5. The van der Waals surface area contributed by atoms with E-state index in [1.165, 1.54) is 6.07 Å². The number of sulfonamides is 1. The maximum Gasteiger partial charge on any atom is 0.242 e. The number of nitrogens with one attached hydrogen (secondary N) is 1. The zero-order chi connectivity index (χ0) is 13.8. The van der Waals surface area contributed by atoms with Crippen molar-refractivity contribution in [2.75, 3.05) is 18.9 Å². The molecule has 1 aromatic rings. The average Bonchev–Trinajstić information content (AvgIpc) is 2.29. The van der Waals surface area contributed by atoms with Crippen LogP contribution in [-0.4, -0.2) is 32.7 Å². The van der Waals surface area contributed by atoms with E-state index in [1.807, 2.05) is 6.92 Å². The molecule has 1 unspecified atom stereocenters. The van der Waals surface area contributed by atoms with Gasteiger partial charge in [-0.15, -0.1) is 0 Å². The Balaban J connectivity index is 2.83. The minimum Gasteiger partial charge on any atom is -0.382 e. The van der Waals surface area contributed by atoms with Gasteiger partial charge in [0.25, 0.3) is 0 Å². The fraction of sp³-hybridized carbons (Fsp3) is 0.500. The molecule has 0 aliphatic carbocycles. The van der Waals surface area contributed by atoms with Crippen molar-refractivity contribution < 1.29 is 13.2 Å². The number of aromatic nitrogens is 1. The van der Waals surface area contributed by atoms with Crippen molar-refractivity contribution in [1.82, 2.24) is 9.71 Å². The number of anilines is 1. The number of rotatable bonds is 6. The van der Waals surface area contributed by atoms with Gasteiger partial charge in [0, 0.05) is 18.8 Å². The number of halogens is 1. The molecular weight excluding hydrogens is 278 g/mol. The van der Waals surface area contributed by atoms with Crippen molar-refractivity contribution in [3.8, 4) is 0 Å². The molecule has 0 aliphatic rings. The van der Waals surface area contributed by atoms with E-state index in [-0.39, 0.29) is 21.8 Å². The number of nitrogen functional groups attached to an aromatic ring is 1. The third kappa shape index (κ3) is 4.09. The van der Waals surface area contributed by atoms with Gasteiger partial charge in [-0.2, -0.15) is 0 Å². The predicted octanol–water partition coefficient (Wildman–Crippen LogP) is 1.02. The van der Waals surface area contributed by atoms with E-state index in [4.69, 9.17) is 22.1 Å². The van der Waals surface area contributed by atoms with E-state index >= 15 is 0 Å². The Morgan fingerprint density at radius 1 is 1.61 bits per heavy atom. The molecule has 6 nitrogen and oxygen atoms in total. The SMILES string of the molecule is CCOCC(C)NS(=O)(=O)c1cnc(N)c(Cl)c1. The third-order valence-electron chi connectivity index (χ3n) is 2.08. The van der Waals surface area contributed by atoms with Gasteiger partial charge in [0.2, 0.25) is 10.0 Å². The topological polar surface area (TPSA) is 94.3 Å². The molecule has 0 saturated heterocycles. The lowest BCUT2D eigenvalue weighted by atomic mass is 10.4. The van der Waals surface area contributed by atoms with E-state index in [0.717, 1.165) is 6.20 Å². The van der Waals surface area contributed by atoms with Crippen LogP contribution in [0.2, 0.25) is 5.02 Å². The van der Waals surface area contributed by atoms with Crippen LogP contribution in [0.4, 0.5) is 5.82 Å². The van der Waals surface area contributed by atoms with Crippen LogP contribution >= 0.6 is 11.6 Å². The summed E-state index contributed by atoms with van der Waals surface area (Å²) < 4.78 is 31.5. The van der Waals surface area contributed by atoms with Gasteiger partial charge in [-0.25, -0.2) is 18.1 Å². The lowest BCUT2D eigenvalue weighted by molar-refractivity contribution is 0.133. The van der Waals surface area contributed by atoms with Gasteiger partial charge in [-0.05, 0) is 19.9 Å². The molecule has 0 aliphatic heterocycles. The molecule has 8 heteroatoms. The first-order valence-electron chi connectivity index (χ1n) is 5.38. The minimum absolute atomic E-state index is 0.0231. The molecule has 102 valence electrons. The molecule has 18 heavy (non-hydrogen) atoms. The Morgan fingerprint density at radius 3 is 2.83 bits per heavy atom. The summed E-state index contributed by atoms with van der Waals surface area (Å²) in [5, 5.41) is 0.107. The van der Waals surface area contributed by atoms with E-state index in [2.05, 4.69) is 9.71 Å². The van der Waals surface area contributed by atoms with Crippen LogP contribution in [0, 0.1) is 0 Å². The lowest BCUT2D eigenvalue weighted by Crippen LogP contribution is -2.36. The summed E-state index contributed by atoms with van der Waals surface area (Å²) in [4.78, 5) is 3.69. The zero-order valence-corrected chi connectivity index (χ0v) is 11.8. The van der Waals surface area contributed by atoms with Crippen molar-refractivity contribution in [1.29, 1.82) is 0 Å². The van der Waals surface area contributed by atoms with Crippen molar-refractivity contribution in [3.05, 3.63) is 17.3 Å². The highest BCUT2D eigenvalue weighted by Gasteiger charge is 2.18. The molecule has 0 amide bonds. The highest BCUT2D eigenvalue weighted by atomic mass is 35.5. The van der Waals surface area contributed by atoms with Crippen LogP contribution in [0.1, 0.15) is 13.8 Å². The number of hydrogen-bond acceptors (Lipinski definition) is 5. The standard InChI is InChI=1S/C10H16ClN3O3S/c1-3-17-6-7(2)14-18(15,16)8-4-9(11)10(12)13-5-8/h4-5,7,14H,3,6H2,1-2H3,(H2,12,13). The first kappa shape index (κ1) is 15.2. The average molecular weight is 294 g/mol. The van der Waals surface area contributed by atoms with Gasteiger partial charge in [0.05, 0.1) is 11.6 Å². The molecule has 0 radical (unpaired) electrons. The number of pyridine rings is 1. The highest BCUT2D eigenvalue weighted by Crippen LogP contribution is 2.19. The number of nitrogens with zero attached hydrogens (tertiary/aromatic N) is 1. The molecular formula is C10H16ClN3O3S. The van der Waals surface area contributed by atoms with Crippen molar-refractivity contribution >= 4 is 27.4 Å². The molecule has 0 fully saturated rings. The molecule has 0 aromatic carbocycles. The van der Waals surface area contributed by atoms with Gasteiger partial charge in [0.1, 0.15) is 10.7 Å². The molecule has 3 N–H and O–H groups in total. The van der Waals surface area contributed by atoms with Crippen molar-refractivity contribution in [2.24, 2.45) is 0 Å². The summed E-state index contributed by atoms with van der Waals surface area (Å²) in [5.74, 6) is 0.0954. The number of hydrogen-bond donors (Lipinski definition) is 2. The van der Waals surface area contributed by atoms with Crippen molar-refractivity contribution in [3.63, 3.8) is 0 Å². The summed E-state index contributed by atoms with van der Waals surface area (Å²) in [7, 11) is -3.66. The smallest absolute Gasteiger partial charge is 0.242 e. The number of ether oxygens (including phenoxy) is 1. The first-order valence-corrected chi connectivity index (χ1v) is 7.24. The first-order chi connectivity index (χ1) is 8.36. The summed E-state index contributed by atoms with van der Waals surface area (Å²) >= 11 is 5.74. The quantitative estimate of drug-likeness (QED) is 0.816. The summed E-state index contributed by atoms with van der Waals surface area (Å²) in [6.45, 7) is 4.37. The molecule has 1 heterocycles. The fourth-order valence-corrected chi connectivity index (χ4v) is 2.67. The molecule has 1 aromatic heterocycles. The monoisotopic (exact) mass is 293 g/mol. The van der Waals surface area contributed by atoms with Crippen LogP contribution < -0.4 is 10.5 Å². The van der Waals surface area contributed by atoms with Crippen LogP contribution in [0.25, 0.3) is 0 Å². The summed E-state index contributed by atoms with van der Waals surface area (Å²) in [6.07, 6.45) is 1.16. The van der Waals surface area contributed by atoms with E-state index < -0.39 is 10.0 Å². The second-order valence-corrected chi connectivity index (χ2v) is 5.84. The molecule has 0 bridgehead atoms. The summed E-state index contributed by atoms with van der Waals surface area (Å²) in [6, 6.07) is 0.922. The molecule has 0 saturated carbocycles. The van der Waals surface area contributed by atoms with Crippen LogP contribution in [0.3, 0.4) is 0 Å². The second-order valence-electron chi connectivity index (χ2n) is 3.72. The zero-order valence-electron chi connectivity index (χ0n) is 10.2. The second kappa shape index (κ2) is 6.33. The maximum absolute atomic E-state index is 12.0. The van der Waals surface area contributed by atoms with Gasteiger partial charge in [-0.1, -0.05) is 11.6 Å². The van der Waals surface area contributed by atoms with E-state index in [0.29, 0.717) is 13.2 Å². The van der Waals surface area contributed by atoms with E-state index in [1.54, 1.807) is 6.92 Å². The predicted molar refractivity (Wildman–Crippen MR) is 69.9 cm³/mol. The van der Waals surface area contributed by atoms with Crippen molar-refractivity contribution in [2.45, 2.75) is 24.8 Å². The van der Waals surface area contributed by atoms with E-state index in [9.17, 15) is 8.42 Å². The Morgan fingerprint density at radius 2 is 2.28 bits per heavy atom. The number of nitrogens with two attached hydrogens (primary N) is 1. The Bertz CT molecular complexity index is 507. The Hall–Kier alpha value is -0.890.